The van der Waals surface area contributed by atoms with Crippen molar-refractivity contribution < 1.29 is 19.5 Å². The Balaban J connectivity index is 1.99. The third kappa shape index (κ3) is 4.34. The molecule has 1 N–H and O–H groups in total. The molecule has 6 heteroatoms. The van der Waals surface area contributed by atoms with Crippen LogP contribution in [0.15, 0.2) is 24.3 Å². The fourth-order valence-electron chi connectivity index (χ4n) is 2.94. The van der Waals surface area contributed by atoms with Crippen molar-refractivity contribution in [3.05, 3.63) is 29.8 Å². The summed E-state index contributed by atoms with van der Waals surface area (Å²) in [6, 6.07) is 7.87. The molecule has 130 valence electrons. The van der Waals surface area contributed by atoms with E-state index in [4.69, 9.17) is 5.11 Å². The highest BCUT2D eigenvalue weighted by Crippen LogP contribution is 2.26. The molecule has 6 nitrogen and oxygen atoms in total. The summed E-state index contributed by atoms with van der Waals surface area (Å²) in [5.74, 6) is -1.59. The maximum atomic E-state index is 12.4. The third-order valence-electron chi connectivity index (χ3n) is 4.30. The van der Waals surface area contributed by atoms with Gasteiger partial charge in [0.1, 0.15) is 0 Å². The smallest absolute Gasteiger partial charge is 0.305 e. The number of rotatable bonds is 7. The molecule has 1 fully saturated rings. The maximum Gasteiger partial charge on any atom is 0.305 e. The molecule has 1 saturated heterocycles. The Morgan fingerprint density at radius 1 is 1.29 bits per heavy atom. The van der Waals surface area contributed by atoms with Gasteiger partial charge in [0, 0.05) is 32.2 Å². The molecule has 1 aromatic carbocycles. The minimum Gasteiger partial charge on any atom is -0.481 e. The van der Waals surface area contributed by atoms with Gasteiger partial charge in [-0.3, -0.25) is 14.4 Å². The zero-order chi connectivity index (χ0) is 17.7. The molecule has 24 heavy (non-hydrogen) atoms. The van der Waals surface area contributed by atoms with Crippen molar-refractivity contribution >= 4 is 23.5 Å². The van der Waals surface area contributed by atoms with Crippen molar-refractivity contribution in [2.24, 2.45) is 5.92 Å². The average Bonchev–Trinajstić information content (AvgIpc) is 2.94. The fourth-order valence-corrected chi connectivity index (χ4v) is 2.94. The van der Waals surface area contributed by atoms with Crippen LogP contribution in [0.5, 0.6) is 0 Å². The molecule has 1 atom stereocenters. The number of carboxylic acids is 1. The Bertz CT molecular complexity index is 612. The van der Waals surface area contributed by atoms with Crippen LogP contribution < -0.4 is 4.90 Å². The molecule has 1 unspecified atom stereocenters. The first-order valence-electron chi connectivity index (χ1n) is 8.28. The molecule has 1 aliphatic rings. The number of nitrogens with zero attached hydrogens (tertiary/aromatic N) is 2. The maximum absolute atomic E-state index is 12.4. The van der Waals surface area contributed by atoms with Crippen molar-refractivity contribution in [3.63, 3.8) is 0 Å². The van der Waals surface area contributed by atoms with Crippen molar-refractivity contribution in [2.75, 3.05) is 25.0 Å². The molecule has 1 heterocycles. The van der Waals surface area contributed by atoms with Crippen molar-refractivity contribution in [1.29, 1.82) is 0 Å². The Morgan fingerprint density at radius 2 is 1.96 bits per heavy atom. The number of carbonyl (C=O) groups excluding carboxylic acids is 2. The van der Waals surface area contributed by atoms with E-state index in [0.29, 0.717) is 6.54 Å². The normalized spacial score (nSPS) is 17.2. The van der Waals surface area contributed by atoms with Gasteiger partial charge < -0.3 is 14.9 Å². The molecule has 2 amide bonds. The van der Waals surface area contributed by atoms with Gasteiger partial charge in [-0.15, -0.1) is 0 Å². The summed E-state index contributed by atoms with van der Waals surface area (Å²) in [4.78, 5) is 38.3. The molecule has 1 aromatic rings. The summed E-state index contributed by atoms with van der Waals surface area (Å²) in [5, 5.41) is 8.70. The van der Waals surface area contributed by atoms with Crippen LogP contribution in [-0.2, 0) is 20.8 Å². The van der Waals surface area contributed by atoms with Crippen LogP contribution >= 0.6 is 0 Å². The van der Waals surface area contributed by atoms with Gasteiger partial charge in [0.05, 0.1) is 12.3 Å². The summed E-state index contributed by atoms with van der Waals surface area (Å²) in [7, 11) is 1.58. The predicted octanol–water partition coefficient (Wildman–Crippen LogP) is 1.93. The summed E-state index contributed by atoms with van der Waals surface area (Å²) in [6.45, 7) is 2.63. The number of aliphatic carboxylic acids is 1. The van der Waals surface area contributed by atoms with Gasteiger partial charge in [0.2, 0.25) is 11.8 Å². The first-order chi connectivity index (χ1) is 11.4. The highest BCUT2D eigenvalue weighted by Gasteiger charge is 2.36. The van der Waals surface area contributed by atoms with Crippen LogP contribution in [0.4, 0.5) is 5.69 Å². The quantitative estimate of drug-likeness (QED) is 0.827. The molecule has 2 rings (SSSR count). The largest absolute Gasteiger partial charge is 0.481 e. The van der Waals surface area contributed by atoms with Crippen LogP contribution in [0.3, 0.4) is 0 Å². The molecule has 0 aliphatic carbocycles. The van der Waals surface area contributed by atoms with Gasteiger partial charge in [0.25, 0.3) is 0 Å². The van der Waals surface area contributed by atoms with Crippen LogP contribution in [0.25, 0.3) is 0 Å². The average molecular weight is 332 g/mol. The van der Waals surface area contributed by atoms with E-state index < -0.39 is 11.9 Å². The lowest BCUT2D eigenvalue weighted by Crippen LogP contribution is -2.36. The van der Waals surface area contributed by atoms with E-state index in [0.717, 1.165) is 18.5 Å². The second kappa shape index (κ2) is 7.95. The first-order valence-corrected chi connectivity index (χ1v) is 8.28. The lowest BCUT2D eigenvalue weighted by molar-refractivity contribution is -0.139. The monoisotopic (exact) mass is 332 g/mol. The highest BCUT2D eigenvalue weighted by atomic mass is 16.4. The molecule has 0 radical (unpaired) electrons. The van der Waals surface area contributed by atoms with E-state index >= 15 is 0 Å². The van der Waals surface area contributed by atoms with Crippen LogP contribution in [0.1, 0.15) is 31.7 Å². The van der Waals surface area contributed by atoms with Crippen molar-refractivity contribution in [3.8, 4) is 0 Å². The summed E-state index contributed by atoms with van der Waals surface area (Å²) in [5.41, 5.74) is 2.04. The van der Waals surface area contributed by atoms with E-state index in [9.17, 15) is 14.4 Å². The lowest BCUT2D eigenvalue weighted by Gasteiger charge is -2.21. The topological polar surface area (TPSA) is 77.9 Å². The van der Waals surface area contributed by atoms with E-state index in [2.05, 4.69) is 6.92 Å². The Morgan fingerprint density at radius 3 is 2.54 bits per heavy atom. The molecule has 0 saturated carbocycles. The molecule has 1 aliphatic heterocycles. The number of hydrogen-bond donors (Lipinski definition) is 1. The zero-order valence-electron chi connectivity index (χ0n) is 14.2. The van der Waals surface area contributed by atoms with Crippen LogP contribution in [0.2, 0.25) is 0 Å². The predicted molar refractivity (Wildman–Crippen MR) is 90.8 cm³/mol. The van der Waals surface area contributed by atoms with Crippen LogP contribution in [0, 0.1) is 5.92 Å². The SMILES string of the molecule is CCCc1ccc(N2CC(C(=O)N(C)CCC(=O)O)CC2=O)cc1. The minimum absolute atomic E-state index is 0.0665. The molecule has 0 aromatic heterocycles. The van der Waals surface area contributed by atoms with Gasteiger partial charge >= 0.3 is 5.97 Å². The summed E-state index contributed by atoms with van der Waals surface area (Å²) >= 11 is 0. The number of carboxylic acid groups (broad SMARTS) is 1. The highest BCUT2D eigenvalue weighted by molar-refractivity contribution is 6.00. The van der Waals surface area contributed by atoms with E-state index in [1.54, 1.807) is 11.9 Å². The molecular formula is C18H24N2O4. The van der Waals surface area contributed by atoms with E-state index in [1.807, 2.05) is 24.3 Å². The molecule has 0 bridgehead atoms. The van der Waals surface area contributed by atoms with Gasteiger partial charge in [-0.25, -0.2) is 0 Å². The standard InChI is InChI=1S/C18H24N2O4/c1-3-4-13-5-7-15(8-6-13)20-12-14(11-16(20)21)18(24)19(2)10-9-17(22)23/h5-8,14H,3-4,9-12H2,1-2H3,(H,22,23). The second-order valence-electron chi connectivity index (χ2n) is 6.23. The third-order valence-corrected chi connectivity index (χ3v) is 4.30. The Hall–Kier alpha value is -2.37. The number of carbonyl (C=O) groups is 3. The number of benzene rings is 1. The van der Waals surface area contributed by atoms with Gasteiger partial charge in [-0.05, 0) is 24.1 Å². The lowest BCUT2D eigenvalue weighted by atomic mass is 10.1. The Kier molecular flexibility index (Phi) is 5.95. The second-order valence-corrected chi connectivity index (χ2v) is 6.23. The van der Waals surface area contributed by atoms with Crippen LogP contribution in [-0.4, -0.2) is 47.9 Å². The molecule has 0 spiro atoms. The Labute approximate surface area is 142 Å². The van der Waals surface area contributed by atoms with Gasteiger partial charge in [0.15, 0.2) is 0 Å². The number of aryl methyl sites for hydroxylation is 1. The first kappa shape index (κ1) is 18.0. The minimum atomic E-state index is -0.939. The number of anilines is 1. The summed E-state index contributed by atoms with van der Waals surface area (Å²) in [6.07, 6.45) is 2.16. The van der Waals surface area contributed by atoms with Crippen molar-refractivity contribution in [2.45, 2.75) is 32.6 Å². The van der Waals surface area contributed by atoms with Gasteiger partial charge in [-0.2, -0.15) is 0 Å². The molecular weight excluding hydrogens is 308 g/mol. The zero-order valence-corrected chi connectivity index (χ0v) is 14.2. The van der Waals surface area contributed by atoms with E-state index in [1.165, 1.54) is 10.5 Å². The van der Waals surface area contributed by atoms with Crippen molar-refractivity contribution in [1.82, 2.24) is 4.90 Å². The van der Waals surface area contributed by atoms with Gasteiger partial charge in [-0.1, -0.05) is 25.5 Å². The summed E-state index contributed by atoms with van der Waals surface area (Å²) < 4.78 is 0. The number of hydrogen-bond acceptors (Lipinski definition) is 3. The fraction of sp³-hybridized carbons (Fsp3) is 0.500. The number of amides is 2. The van der Waals surface area contributed by atoms with E-state index in [-0.39, 0.29) is 31.2 Å².